The number of hydrogen-bond acceptors (Lipinski definition) is 4. The Morgan fingerprint density at radius 1 is 1.22 bits per heavy atom. The van der Waals surface area contributed by atoms with Crippen LogP contribution in [0.2, 0.25) is 0 Å². The highest BCUT2D eigenvalue weighted by Crippen LogP contribution is 2.21. The molecule has 0 aliphatic rings. The number of nitriles is 1. The fraction of sp³-hybridized carbons (Fsp3) is 0.273. The Bertz CT molecular complexity index is 852. The second-order valence-electron chi connectivity index (χ2n) is 6.47. The van der Waals surface area contributed by atoms with E-state index in [0.29, 0.717) is 12.0 Å². The van der Waals surface area contributed by atoms with E-state index < -0.39 is 0 Å². The van der Waals surface area contributed by atoms with E-state index in [1.54, 1.807) is 24.3 Å². The number of carbonyl (C=O) groups is 1. The lowest BCUT2D eigenvalue weighted by Gasteiger charge is -2.21. The lowest BCUT2D eigenvalue weighted by atomic mass is 10.0. The zero-order valence-electron chi connectivity index (χ0n) is 15.8. The number of esters is 1. The van der Waals surface area contributed by atoms with Crippen LogP contribution < -0.4 is 0 Å². The molecule has 4 nitrogen and oxygen atoms in total. The molecule has 1 atom stereocenters. The Balaban J connectivity index is 2.18. The van der Waals surface area contributed by atoms with E-state index in [1.165, 1.54) is 19.1 Å². The van der Waals surface area contributed by atoms with E-state index in [0.717, 1.165) is 16.7 Å². The third-order valence-electron chi connectivity index (χ3n) is 4.19. The highest BCUT2D eigenvalue weighted by molar-refractivity contribution is 5.66. The average molecular weight is 366 g/mol. The van der Waals surface area contributed by atoms with E-state index in [4.69, 9.17) is 10.00 Å². The van der Waals surface area contributed by atoms with E-state index >= 15 is 0 Å². The number of allylic oxidation sites excluding steroid dienone is 1. The number of nitrogens with zero attached hydrogens (tertiary/aromatic N) is 2. The molecule has 0 fully saturated rings. The van der Waals surface area contributed by atoms with Crippen LogP contribution in [0, 0.1) is 17.1 Å². The third kappa shape index (κ3) is 6.05. The number of carbonyl (C=O) groups excluding carboxylic acids is 1. The Morgan fingerprint density at radius 2 is 1.93 bits per heavy atom. The van der Waals surface area contributed by atoms with Crippen LogP contribution in [0.3, 0.4) is 0 Å². The molecule has 1 unspecified atom stereocenters. The van der Waals surface area contributed by atoms with Crippen molar-refractivity contribution in [1.82, 2.24) is 4.90 Å². The van der Waals surface area contributed by atoms with Crippen molar-refractivity contribution in [2.24, 2.45) is 0 Å². The average Bonchev–Trinajstić information content (AvgIpc) is 2.64. The minimum absolute atomic E-state index is 0.0147. The second kappa shape index (κ2) is 9.65. The van der Waals surface area contributed by atoms with Gasteiger partial charge in [0.2, 0.25) is 0 Å². The van der Waals surface area contributed by atoms with Crippen molar-refractivity contribution in [1.29, 1.82) is 5.26 Å². The summed E-state index contributed by atoms with van der Waals surface area (Å²) in [5.41, 5.74) is 3.33. The van der Waals surface area contributed by atoms with Gasteiger partial charge in [-0.2, -0.15) is 5.26 Å². The summed E-state index contributed by atoms with van der Waals surface area (Å²) >= 11 is 0. The molecule has 0 N–H and O–H groups in total. The van der Waals surface area contributed by atoms with Crippen molar-refractivity contribution in [3.8, 4) is 6.07 Å². The SMILES string of the molecule is CC(=O)OCc1cc(C#N)ccc1CC=CC(c1ccc(F)cc1)N(C)C. The van der Waals surface area contributed by atoms with Crippen LogP contribution in [0.25, 0.3) is 0 Å². The van der Waals surface area contributed by atoms with Gasteiger partial charge in [0, 0.05) is 6.92 Å². The summed E-state index contributed by atoms with van der Waals surface area (Å²) in [7, 11) is 3.93. The molecule has 27 heavy (non-hydrogen) atoms. The van der Waals surface area contributed by atoms with Crippen LogP contribution in [0.5, 0.6) is 0 Å². The maximum Gasteiger partial charge on any atom is 0.302 e. The van der Waals surface area contributed by atoms with E-state index in [1.807, 2.05) is 31.1 Å². The summed E-state index contributed by atoms with van der Waals surface area (Å²) in [6.45, 7) is 1.50. The Hall–Kier alpha value is -2.97. The third-order valence-corrected chi connectivity index (χ3v) is 4.19. The normalized spacial score (nSPS) is 12.1. The molecule has 0 aliphatic heterocycles. The van der Waals surface area contributed by atoms with E-state index in [-0.39, 0.29) is 24.4 Å². The predicted molar refractivity (Wildman–Crippen MR) is 102 cm³/mol. The van der Waals surface area contributed by atoms with Gasteiger partial charge in [-0.05, 0) is 61.5 Å². The molecular weight excluding hydrogens is 343 g/mol. The molecule has 0 radical (unpaired) electrons. The lowest BCUT2D eigenvalue weighted by molar-refractivity contribution is -0.142. The number of likely N-dealkylation sites (N-methyl/N-ethyl adjacent to an activating group) is 1. The van der Waals surface area contributed by atoms with Crippen molar-refractivity contribution in [3.63, 3.8) is 0 Å². The van der Waals surface area contributed by atoms with Crippen molar-refractivity contribution in [2.45, 2.75) is 26.0 Å². The molecule has 140 valence electrons. The monoisotopic (exact) mass is 366 g/mol. The van der Waals surface area contributed by atoms with E-state index in [2.05, 4.69) is 12.1 Å². The fourth-order valence-corrected chi connectivity index (χ4v) is 2.77. The Labute approximate surface area is 159 Å². The molecule has 0 aromatic heterocycles. The summed E-state index contributed by atoms with van der Waals surface area (Å²) in [5.74, 6) is -0.615. The minimum Gasteiger partial charge on any atom is -0.461 e. The molecule has 0 saturated carbocycles. The van der Waals surface area contributed by atoms with Crippen LogP contribution in [-0.2, 0) is 22.6 Å². The molecule has 0 amide bonds. The van der Waals surface area contributed by atoms with Crippen LogP contribution >= 0.6 is 0 Å². The van der Waals surface area contributed by atoms with Crippen LogP contribution in [0.4, 0.5) is 4.39 Å². The van der Waals surface area contributed by atoms with Gasteiger partial charge in [-0.3, -0.25) is 9.69 Å². The largest absolute Gasteiger partial charge is 0.461 e. The quantitative estimate of drug-likeness (QED) is 0.545. The van der Waals surface area contributed by atoms with Gasteiger partial charge in [0.15, 0.2) is 0 Å². The highest BCUT2D eigenvalue weighted by Gasteiger charge is 2.11. The van der Waals surface area contributed by atoms with Gasteiger partial charge in [0.05, 0.1) is 17.7 Å². The number of hydrogen-bond donors (Lipinski definition) is 0. The molecule has 2 rings (SSSR count). The summed E-state index contributed by atoms with van der Waals surface area (Å²) in [6.07, 6.45) is 4.72. The summed E-state index contributed by atoms with van der Waals surface area (Å²) in [6, 6.07) is 14.0. The molecule has 2 aromatic carbocycles. The minimum atomic E-state index is -0.358. The molecule has 0 aliphatic carbocycles. The number of halogens is 1. The van der Waals surface area contributed by atoms with Gasteiger partial charge in [-0.15, -0.1) is 0 Å². The first-order chi connectivity index (χ1) is 12.9. The summed E-state index contributed by atoms with van der Waals surface area (Å²) in [5, 5.41) is 9.08. The maximum atomic E-state index is 13.2. The smallest absolute Gasteiger partial charge is 0.302 e. The number of rotatable bonds is 7. The van der Waals surface area contributed by atoms with Crippen LogP contribution in [-0.4, -0.2) is 25.0 Å². The van der Waals surface area contributed by atoms with Crippen molar-refractivity contribution in [2.75, 3.05) is 14.1 Å². The zero-order chi connectivity index (χ0) is 19.8. The van der Waals surface area contributed by atoms with Gasteiger partial charge in [-0.1, -0.05) is 30.4 Å². The summed E-state index contributed by atoms with van der Waals surface area (Å²) < 4.78 is 18.3. The number of ether oxygens (including phenoxy) is 1. The fourth-order valence-electron chi connectivity index (χ4n) is 2.77. The van der Waals surface area contributed by atoms with Gasteiger partial charge in [-0.25, -0.2) is 4.39 Å². The Kier molecular flexibility index (Phi) is 7.27. The van der Waals surface area contributed by atoms with E-state index in [9.17, 15) is 9.18 Å². The lowest BCUT2D eigenvalue weighted by Crippen LogP contribution is -2.18. The molecule has 0 spiro atoms. The molecule has 2 aromatic rings. The van der Waals surface area contributed by atoms with Crippen LogP contribution in [0.15, 0.2) is 54.6 Å². The molecule has 0 heterocycles. The topological polar surface area (TPSA) is 53.3 Å². The molecule has 5 heteroatoms. The molecular formula is C22H23FN2O2. The standard InChI is InChI=1S/C22H23FN2O2/c1-16(26)27-15-20-13-17(14-24)7-8-18(20)5-4-6-22(25(2)3)19-9-11-21(23)12-10-19/h4,6-13,22H,5,15H2,1-3H3. The van der Waals surface area contributed by atoms with Crippen molar-refractivity contribution >= 4 is 5.97 Å². The predicted octanol–water partition coefficient (Wildman–Crippen LogP) is 4.16. The van der Waals surface area contributed by atoms with Crippen LogP contribution in [0.1, 0.15) is 35.2 Å². The Morgan fingerprint density at radius 3 is 2.52 bits per heavy atom. The second-order valence-corrected chi connectivity index (χ2v) is 6.47. The van der Waals surface area contributed by atoms with Gasteiger partial charge in [0.25, 0.3) is 0 Å². The van der Waals surface area contributed by atoms with Crippen molar-refractivity contribution in [3.05, 3.63) is 82.7 Å². The first-order valence-corrected chi connectivity index (χ1v) is 8.64. The van der Waals surface area contributed by atoms with Gasteiger partial charge in [0.1, 0.15) is 12.4 Å². The first kappa shape index (κ1) is 20.3. The first-order valence-electron chi connectivity index (χ1n) is 8.64. The molecule has 0 saturated heterocycles. The zero-order valence-corrected chi connectivity index (χ0v) is 15.8. The van der Waals surface area contributed by atoms with Crippen molar-refractivity contribution < 1.29 is 13.9 Å². The van der Waals surface area contributed by atoms with Gasteiger partial charge >= 0.3 is 5.97 Å². The number of benzene rings is 2. The summed E-state index contributed by atoms with van der Waals surface area (Å²) in [4.78, 5) is 13.2. The maximum absolute atomic E-state index is 13.2. The molecule has 0 bridgehead atoms. The highest BCUT2D eigenvalue weighted by atomic mass is 19.1. The van der Waals surface area contributed by atoms with Gasteiger partial charge < -0.3 is 4.74 Å².